The Morgan fingerprint density at radius 2 is 1.89 bits per heavy atom. The summed E-state index contributed by atoms with van der Waals surface area (Å²) in [5.74, 6) is -7.39. The lowest BCUT2D eigenvalue weighted by Gasteiger charge is -2.50. The van der Waals surface area contributed by atoms with Crippen molar-refractivity contribution in [3.05, 3.63) is 70.2 Å². The maximum absolute atomic E-state index is 14.0. The molecular formula is C31H32N4O9. The smallest absolute Gasteiger partial charge is 0.255 e. The van der Waals surface area contributed by atoms with Crippen molar-refractivity contribution in [3.63, 3.8) is 0 Å². The number of nitrogens with two attached hydrogens (primary N) is 1. The molecule has 6 rings (SSSR count). The molecule has 44 heavy (non-hydrogen) atoms. The van der Waals surface area contributed by atoms with E-state index in [1.807, 2.05) is 0 Å². The summed E-state index contributed by atoms with van der Waals surface area (Å²) < 4.78 is 0. The number of hydrogen-bond acceptors (Lipinski definition) is 11. The van der Waals surface area contributed by atoms with Crippen LogP contribution in [0.15, 0.2) is 59.1 Å². The first-order valence-electron chi connectivity index (χ1n) is 14.2. The number of hydroxylamine groups is 1. The molecule has 3 aliphatic carbocycles. The van der Waals surface area contributed by atoms with E-state index >= 15 is 0 Å². The summed E-state index contributed by atoms with van der Waals surface area (Å²) in [5, 5.41) is 47.9. The molecule has 4 aliphatic rings. The molecule has 1 aliphatic heterocycles. The van der Waals surface area contributed by atoms with Gasteiger partial charge in [-0.1, -0.05) is 18.2 Å². The van der Waals surface area contributed by atoms with Crippen LogP contribution in [-0.4, -0.2) is 87.1 Å². The summed E-state index contributed by atoms with van der Waals surface area (Å²) >= 11 is 0. The van der Waals surface area contributed by atoms with E-state index in [4.69, 9.17) is 10.6 Å². The summed E-state index contributed by atoms with van der Waals surface area (Å²) in [6.07, 6.45) is 0.00587. The number of hydrogen-bond donors (Lipinski definition) is 7. The van der Waals surface area contributed by atoms with Gasteiger partial charge < -0.3 is 31.5 Å². The number of rotatable bonds is 5. The van der Waals surface area contributed by atoms with Gasteiger partial charge in [0.25, 0.3) is 11.8 Å². The number of anilines is 1. The molecule has 8 N–H and O–H groups in total. The number of carbonyl (C=O) groups is 4. The third-order valence-electron chi connectivity index (χ3n) is 9.07. The molecule has 0 bridgehead atoms. The lowest BCUT2D eigenvalue weighted by Crippen LogP contribution is -2.63. The average molecular weight is 605 g/mol. The standard InChI is InChI=1S/C31H32N4O9/c1-35(2)24-18-12-14-11-17-16(13-4-3-5-15(10-13)34-30(42)20-8-9-33-44-20)6-7-19(36)22(17)25(37)21(14)27(39)31(18,43)28(40)23(26(24)38)29(32)41/h3-7,10,14,18,20,24,33,36,38-39,43H,8-9,11-12H2,1-2H3,(H2,32,41)(H,34,42)/t14-,18-,20?,24+,31-/m0/s1. The molecule has 2 aromatic rings. The van der Waals surface area contributed by atoms with Crippen LogP contribution in [0.1, 0.15) is 28.8 Å². The molecule has 0 aromatic heterocycles. The molecule has 1 fully saturated rings. The van der Waals surface area contributed by atoms with Crippen LogP contribution in [0.3, 0.4) is 0 Å². The van der Waals surface area contributed by atoms with E-state index in [1.165, 1.54) is 11.0 Å². The van der Waals surface area contributed by atoms with Gasteiger partial charge in [-0.15, -0.1) is 0 Å². The van der Waals surface area contributed by atoms with E-state index < -0.39 is 64.1 Å². The maximum atomic E-state index is 14.0. The van der Waals surface area contributed by atoms with Gasteiger partial charge in [-0.05, 0) is 74.2 Å². The van der Waals surface area contributed by atoms with Crippen LogP contribution in [-0.2, 0) is 25.6 Å². The number of likely N-dealkylation sites (N-methyl/N-ethyl adjacent to an activating group) is 1. The van der Waals surface area contributed by atoms with Gasteiger partial charge in [0, 0.05) is 23.7 Å². The molecule has 13 heteroatoms. The number of benzene rings is 2. The topological polar surface area (TPSA) is 212 Å². The number of aromatic hydroxyl groups is 1. The van der Waals surface area contributed by atoms with Crippen molar-refractivity contribution in [1.82, 2.24) is 10.4 Å². The summed E-state index contributed by atoms with van der Waals surface area (Å²) in [6, 6.07) is 8.89. The van der Waals surface area contributed by atoms with Crippen molar-refractivity contribution in [3.8, 4) is 16.9 Å². The summed E-state index contributed by atoms with van der Waals surface area (Å²) in [5.41, 5.74) is 6.39. The molecular weight excluding hydrogens is 572 g/mol. The van der Waals surface area contributed by atoms with Crippen LogP contribution >= 0.6 is 0 Å². The molecule has 0 spiro atoms. The summed E-state index contributed by atoms with van der Waals surface area (Å²) in [4.78, 5) is 59.0. The molecule has 0 saturated carbocycles. The summed E-state index contributed by atoms with van der Waals surface area (Å²) in [7, 11) is 3.15. The molecule has 230 valence electrons. The van der Waals surface area contributed by atoms with Gasteiger partial charge in [0.1, 0.15) is 22.8 Å². The van der Waals surface area contributed by atoms with Gasteiger partial charge in [-0.2, -0.15) is 0 Å². The fourth-order valence-corrected chi connectivity index (χ4v) is 7.10. The van der Waals surface area contributed by atoms with E-state index in [0.29, 0.717) is 35.3 Å². The minimum Gasteiger partial charge on any atom is -0.510 e. The predicted octanol–water partition coefficient (Wildman–Crippen LogP) is 1.02. The number of phenols is 1. The van der Waals surface area contributed by atoms with Crippen molar-refractivity contribution in [1.29, 1.82) is 0 Å². The maximum Gasteiger partial charge on any atom is 0.255 e. The zero-order chi connectivity index (χ0) is 31.7. The number of nitrogens with one attached hydrogen (secondary N) is 2. The highest BCUT2D eigenvalue weighted by atomic mass is 16.7. The molecule has 1 heterocycles. The van der Waals surface area contributed by atoms with E-state index in [0.717, 1.165) is 0 Å². The first kappa shape index (κ1) is 29.5. The zero-order valence-electron chi connectivity index (χ0n) is 24.0. The third-order valence-corrected chi connectivity index (χ3v) is 9.07. The largest absolute Gasteiger partial charge is 0.510 e. The Morgan fingerprint density at radius 3 is 2.55 bits per heavy atom. The quantitative estimate of drug-likeness (QED) is 0.239. The predicted molar refractivity (Wildman–Crippen MR) is 155 cm³/mol. The number of carbonyl (C=O) groups excluding carboxylic acids is 4. The number of Topliss-reactive ketones (excluding diaryl/α,β-unsaturated/α-hetero) is 2. The highest BCUT2D eigenvalue weighted by Gasteiger charge is 2.63. The van der Waals surface area contributed by atoms with Gasteiger partial charge in [-0.25, -0.2) is 5.48 Å². The van der Waals surface area contributed by atoms with E-state index in [2.05, 4.69) is 10.8 Å². The molecule has 2 amide bonds. The highest BCUT2D eigenvalue weighted by Crippen LogP contribution is 2.53. The molecule has 0 radical (unpaired) electrons. The summed E-state index contributed by atoms with van der Waals surface area (Å²) in [6.45, 7) is 0.558. The van der Waals surface area contributed by atoms with Crippen molar-refractivity contribution in [2.75, 3.05) is 26.0 Å². The molecule has 2 aromatic carbocycles. The van der Waals surface area contributed by atoms with Gasteiger partial charge in [0.15, 0.2) is 17.5 Å². The Balaban J connectivity index is 1.44. The second-order valence-corrected chi connectivity index (χ2v) is 11.8. The van der Waals surface area contributed by atoms with Gasteiger partial charge in [0.2, 0.25) is 5.78 Å². The van der Waals surface area contributed by atoms with Crippen molar-refractivity contribution < 1.29 is 44.4 Å². The fourth-order valence-electron chi connectivity index (χ4n) is 7.10. The van der Waals surface area contributed by atoms with Crippen LogP contribution in [0.4, 0.5) is 5.69 Å². The average Bonchev–Trinajstić information content (AvgIpc) is 3.50. The zero-order valence-corrected chi connectivity index (χ0v) is 24.0. The van der Waals surface area contributed by atoms with Crippen LogP contribution in [0.25, 0.3) is 11.1 Å². The third kappa shape index (κ3) is 4.31. The van der Waals surface area contributed by atoms with E-state index in [-0.39, 0.29) is 35.6 Å². The van der Waals surface area contributed by atoms with Crippen LogP contribution < -0.4 is 16.5 Å². The monoisotopic (exact) mass is 604 g/mol. The number of nitrogens with zero attached hydrogens (tertiary/aromatic N) is 1. The first-order valence-corrected chi connectivity index (χ1v) is 14.2. The number of primary amides is 1. The second-order valence-electron chi connectivity index (χ2n) is 11.8. The number of aliphatic hydroxyl groups is 3. The lowest BCUT2D eigenvalue weighted by molar-refractivity contribution is -0.148. The van der Waals surface area contributed by atoms with E-state index in [9.17, 15) is 39.6 Å². The number of fused-ring (bicyclic) bond motifs is 3. The van der Waals surface area contributed by atoms with E-state index in [1.54, 1.807) is 44.4 Å². The Morgan fingerprint density at radius 1 is 1.14 bits per heavy atom. The first-order chi connectivity index (χ1) is 20.9. The molecule has 13 nitrogen and oxygen atoms in total. The number of allylic oxidation sites excluding steroid dienone is 1. The Kier molecular flexibility index (Phi) is 7.08. The van der Waals surface area contributed by atoms with Gasteiger partial charge in [0.05, 0.1) is 11.6 Å². The second kappa shape index (κ2) is 10.6. The Bertz CT molecular complexity index is 1690. The molecule has 5 atom stereocenters. The highest BCUT2D eigenvalue weighted by molar-refractivity contribution is 6.25. The van der Waals surface area contributed by atoms with Crippen LogP contribution in [0.5, 0.6) is 5.75 Å². The number of ketones is 2. The fraction of sp³-hybridized carbons (Fsp3) is 0.355. The molecule has 1 saturated heterocycles. The minimum absolute atomic E-state index is 0.0214. The van der Waals surface area contributed by atoms with Gasteiger partial charge in [-0.3, -0.25) is 28.9 Å². The lowest BCUT2D eigenvalue weighted by atomic mass is 9.58. The van der Waals surface area contributed by atoms with Crippen LogP contribution in [0, 0.1) is 11.8 Å². The minimum atomic E-state index is -2.71. The number of phenolic OH excluding ortho intramolecular Hbond substituents is 1. The Labute approximate surface area is 251 Å². The molecule has 1 unspecified atom stereocenters. The SMILES string of the molecule is CN(C)[C@H]1C(O)=C(C(N)=O)C(=O)[C@@]2(O)C(O)=C3C(=O)c4c(O)ccc(-c5cccc(NC(=O)C6CCNO6)c5)c4C[C@H]3C[C@@H]12. The number of amides is 2. The van der Waals surface area contributed by atoms with Crippen molar-refractivity contribution in [2.45, 2.75) is 37.0 Å². The van der Waals surface area contributed by atoms with Gasteiger partial charge >= 0.3 is 0 Å². The normalized spacial score (nSPS) is 28.1. The Hall–Kier alpha value is -4.56. The van der Waals surface area contributed by atoms with Crippen molar-refractivity contribution in [2.24, 2.45) is 17.6 Å². The van der Waals surface area contributed by atoms with Crippen LogP contribution in [0.2, 0.25) is 0 Å². The van der Waals surface area contributed by atoms with Crippen molar-refractivity contribution >= 4 is 29.1 Å². The number of aliphatic hydroxyl groups excluding tert-OH is 2.